The van der Waals surface area contributed by atoms with Gasteiger partial charge < -0.3 is 10.2 Å². The van der Waals surface area contributed by atoms with E-state index < -0.39 is 0 Å². The molecule has 0 bridgehead atoms. The van der Waals surface area contributed by atoms with Crippen molar-refractivity contribution >= 4 is 23.0 Å². The van der Waals surface area contributed by atoms with Crippen molar-refractivity contribution in [1.29, 1.82) is 0 Å². The Morgan fingerprint density at radius 2 is 1.94 bits per heavy atom. The third-order valence-electron chi connectivity index (χ3n) is 2.36. The molecule has 17 heavy (non-hydrogen) atoms. The van der Waals surface area contributed by atoms with Crippen LogP contribution in [0.5, 0.6) is 0 Å². The lowest BCUT2D eigenvalue weighted by molar-refractivity contribution is 0.623. The Kier molecular flexibility index (Phi) is 5.35. The van der Waals surface area contributed by atoms with E-state index in [2.05, 4.69) is 19.2 Å². The summed E-state index contributed by atoms with van der Waals surface area (Å²) in [6.07, 6.45) is 0. The molecule has 0 radical (unpaired) electrons. The van der Waals surface area contributed by atoms with E-state index in [9.17, 15) is 4.39 Å². The zero-order valence-corrected chi connectivity index (χ0v) is 11.4. The number of hydrogen-bond acceptors (Lipinski definition) is 1. The predicted octanol–water partition coefficient (Wildman–Crippen LogP) is 3.18. The fourth-order valence-electron chi connectivity index (χ4n) is 1.45. The van der Waals surface area contributed by atoms with E-state index in [1.807, 2.05) is 11.8 Å². The Labute approximate surface area is 108 Å². The van der Waals surface area contributed by atoms with Crippen molar-refractivity contribution in [2.75, 3.05) is 18.0 Å². The van der Waals surface area contributed by atoms with Crippen molar-refractivity contribution in [3.63, 3.8) is 0 Å². The van der Waals surface area contributed by atoms with Crippen LogP contribution in [0.3, 0.4) is 0 Å². The van der Waals surface area contributed by atoms with Gasteiger partial charge in [0, 0.05) is 18.8 Å². The van der Waals surface area contributed by atoms with Gasteiger partial charge in [-0.3, -0.25) is 0 Å². The number of halogens is 1. The molecule has 4 heteroatoms. The van der Waals surface area contributed by atoms with Gasteiger partial charge in [0.25, 0.3) is 0 Å². The fourth-order valence-corrected chi connectivity index (χ4v) is 1.77. The van der Waals surface area contributed by atoms with E-state index in [1.54, 1.807) is 12.1 Å². The molecule has 0 aliphatic heterocycles. The highest BCUT2D eigenvalue weighted by molar-refractivity contribution is 7.80. The number of nitrogens with zero attached hydrogens (tertiary/aromatic N) is 1. The molecular formula is C13H19FN2S. The first-order chi connectivity index (χ1) is 8.04. The van der Waals surface area contributed by atoms with Gasteiger partial charge in [-0.25, -0.2) is 4.39 Å². The van der Waals surface area contributed by atoms with E-state index >= 15 is 0 Å². The summed E-state index contributed by atoms with van der Waals surface area (Å²) in [6, 6.07) is 6.37. The van der Waals surface area contributed by atoms with Crippen LogP contribution in [0.2, 0.25) is 0 Å². The van der Waals surface area contributed by atoms with E-state index in [4.69, 9.17) is 12.2 Å². The number of thiocarbonyl (C=S) groups is 1. The van der Waals surface area contributed by atoms with Crippen LogP contribution in [0.1, 0.15) is 20.8 Å². The lowest BCUT2D eigenvalue weighted by Crippen LogP contribution is -2.41. The van der Waals surface area contributed by atoms with Gasteiger partial charge in [0.1, 0.15) is 5.82 Å². The van der Waals surface area contributed by atoms with Crippen LogP contribution in [0.25, 0.3) is 0 Å². The normalized spacial score (nSPS) is 10.4. The quantitative estimate of drug-likeness (QED) is 0.831. The zero-order chi connectivity index (χ0) is 12.8. The van der Waals surface area contributed by atoms with Crippen molar-refractivity contribution in [3.8, 4) is 0 Å². The molecule has 0 amide bonds. The van der Waals surface area contributed by atoms with Crippen molar-refractivity contribution in [2.24, 2.45) is 5.92 Å². The first kappa shape index (κ1) is 13.9. The molecule has 0 saturated heterocycles. The highest BCUT2D eigenvalue weighted by atomic mass is 32.1. The second-order valence-electron chi connectivity index (χ2n) is 4.30. The highest BCUT2D eigenvalue weighted by Gasteiger charge is 2.09. The molecule has 0 fully saturated rings. The standard InChI is InChI=1S/C13H19FN2S/c1-4-16(13(17)15-9-10(2)3)12-7-5-11(14)6-8-12/h5-8,10H,4,9H2,1-3H3,(H,15,17). The molecular weight excluding hydrogens is 235 g/mol. The number of nitrogens with one attached hydrogen (secondary N) is 1. The van der Waals surface area contributed by atoms with Crippen LogP contribution in [-0.2, 0) is 0 Å². The summed E-state index contributed by atoms with van der Waals surface area (Å²) >= 11 is 5.33. The van der Waals surface area contributed by atoms with E-state index in [0.717, 1.165) is 18.8 Å². The fraction of sp³-hybridized carbons (Fsp3) is 0.462. The minimum absolute atomic E-state index is 0.231. The predicted molar refractivity (Wildman–Crippen MR) is 74.9 cm³/mol. The molecule has 2 nitrogen and oxygen atoms in total. The Morgan fingerprint density at radius 1 is 1.35 bits per heavy atom. The zero-order valence-electron chi connectivity index (χ0n) is 10.5. The third-order valence-corrected chi connectivity index (χ3v) is 2.73. The topological polar surface area (TPSA) is 15.3 Å². The SMILES string of the molecule is CCN(C(=S)NCC(C)C)c1ccc(F)cc1. The average Bonchev–Trinajstić information content (AvgIpc) is 2.30. The van der Waals surface area contributed by atoms with Crippen molar-refractivity contribution in [2.45, 2.75) is 20.8 Å². The molecule has 0 spiro atoms. The number of anilines is 1. The average molecular weight is 254 g/mol. The van der Waals surface area contributed by atoms with Crippen molar-refractivity contribution < 1.29 is 4.39 Å². The first-order valence-corrected chi connectivity index (χ1v) is 6.26. The molecule has 0 aromatic heterocycles. The molecule has 0 heterocycles. The van der Waals surface area contributed by atoms with Gasteiger partial charge in [0.05, 0.1) is 0 Å². The minimum Gasteiger partial charge on any atom is -0.362 e. The molecule has 0 unspecified atom stereocenters. The molecule has 0 saturated carbocycles. The van der Waals surface area contributed by atoms with Crippen LogP contribution < -0.4 is 10.2 Å². The molecule has 1 aromatic carbocycles. The lowest BCUT2D eigenvalue weighted by atomic mass is 10.2. The summed E-state index contributed by atoms with van der Waals surface area (Å²) in [5.41, 5.74) is 0.912. The number of hydrogen-bond donors (Lipinski definition) is 1. The van der Waals surface area contributed by atoms with Crippen LogP contribution in [0, 0.1) is 11.7 Å². The van der Waals surface area contributed by atoms with Gasteiger partial charge >= 0.3 is 0 Å². The monoisotopic (exact) mass is 254 g/mol. The van der Waals surface area contributed by atoms with E-state index in [-0.39, 0.29) is 5.82 Å². The van der Waals surface area contributed by atoms with Gasteiger partial charge in [0.15, 0.2) is 5.11 Å². The highest BCUT2D eigenvalue weighted by Crippen LogP contribution is 2.14. The summed E-state index contributed by atoms with van der Waals surface area (Å²) < 4.78 is 12.8. The summed E-state index contributed by atoms with van der Waals surface area (Å²) in [7, 11) is 0. The maximum absolute atomic E-state index is 12.8. The summed E-state index contributed by atoms with van der Waals surface area (Å²) in [4.78, 5) is 1.96. The maximum atomic E-state index is 12.8. The van der Waals surface area contributed by atoms with Gasteiger partial charge in [-0.15, -0.1) is 0 Å². The molecule has 0 aliphatic rings. The molecule has 94 valence electrons. The summed E-state index contributed by atoms with van der Waals surface area (Å²) in [6.45, 7) is 7.88. The maximum Gasteiger partial charge on any atom is 0.173 e. The van der Waals surface area contributed by atoms with Gasteiger partial charge in [0.2, 0.25) is 0 Å². The summed E-state index contributed by atoms with van der Waals surface area (Å²) in [5.74, 6) is 0.311. The third kappa shape index (κ3) is 4.30. The first-order valence-electron chi connectivity index (χ1n) is 5.85. The van der Waals surface area contributed by atoms with Crippen LogP contribution in [0.15, 0.2) is 24.3 Å². The Balaban J connectivity index is 2.70. The van der Waals surface area contributed by atoms with Gasteiger partial charge in [-0.2, -0.15) is 0 Å². The Hall–Kier alpha value is -1.16. The summed E-state index contributed by atoms with van der Waals surface area (Å²) in [5, 5.41) is 3.90. The molecule has 1 aromatic rings. The number of rotatable bonds is 4. The second kappa shape index (κ2) is 6.55. The smallest absolute Gasteiger partial charge is 0.173 e. The van der Waals surface area contributed by atoms with Gasteiger partial charge in [-0.05, 0) is 49.3 Å². The number of benzene rings is 1. The van der Waals surface area contributed by atoms with Crippen LogP contribution >= 0.6 is 12.2 Å². The Morgan fingerprint density at radius 3 is 2.41 bits per heavy atom. The van der Waals surface area contributed by atoms with Gasteiger partial charge in [-0.1, -0.05) is 13.8 Å². The van der Waals surface area contributed by atoms with Crippen molar-refractivity contribution in [3.05, 3.63) is 30.1 Å². The second-order valence-corrected chi connectivity index (χ2v) is 4.69. The molecule has 1 N–H and O–H groups in total. The van der Waals surface area contributed by atoms with E-state index in [1.165, 1.54) is 12.1 Å². The molecule has 0 atom stereocenters. The molecule has 0 aliphatic carbocycles. The van der Waals surface area contributed by atoms with E-state index in [0.29, 0.717) is 11.0 Å². The minimum atomic E-state index is -0.231. The lowest BCUT2D eigenvalue weighted by Gasteiger charge is -2.25. The Bertz CT molecular complexity index is 362. The van der Waals surface area contributed by atoms with Crippen LogP contribution in [-0.4, -0.2) is 18.2 Å². The largest absolute Gasteiger partial charge is 0.362 e. The van der Waals surface area contributed by atoms with Crippen LogP contribution in [0.4, 0.5) is 10.1 Å². The van der Waals surface area contributed by atoms with Crippen molar-refractivity contribution in [1.82, 2.24) is 5.32 Å². The molecule has 1 rings (SSSR count).